The van der Waals surface area contributed by atoms with Gasteiger partial charge in [-0.15, -0.1) is 0 Å². The smallest absolute Gasteiger partial charge is 0.156 e. The zero-order chi connectivity index (χ0) is 9.80. The molecular weight excluding hydrogens is 196 g/mol. The van der Waals surface area contributed by atoms with E-state index in [-0.39, 0.29) is 6.10 Å². The summed E-state index contributed by atoms with van der Waals surface area (Å²) in [6.07, 6.45) is 4.58. The van der Waals surface area contributed by atoms with Crippen molar-refractivity contribution >= 4 is 16.9 Å². The van der Waals surface area contributed by atoms with Crippen LogP contribution >= 0.6 is 11.8 Å². The number of aliphatic hydroxyl groups excluding tert-OH is 1. The molecule has 0 spiro atoms. The second-order valence-corrected chi connectivity index (χ2v) is 5.05. The van der Waals surface area contributed by atoms with Gasteiger partial charge in [0.2, 0.25) is 0 Å². The number of aliphatic hydroxyl groups is 1. The van der Waals surface area contributed by atoms with Gasteiger partial charge < -0.3 is 10.4 Å². The number of thioether (sulfide) groups is 1. The third-order valence-electron chi connectivity index (χ3n) is 2.95. The van der Waals surface area contributed by atoms with Gasteiger partial charge in [0.05, 0.1) is 12.6 Å². The van der Waals surface area contributed by atoms with Gasteiger partial charge in [0, 0.05) is 12.3 Å². The van der Waals surface area contributed by atoms with Crippen LogP contribution in [0.4, 0.5) is 0 Å². The summed E-state index contributed by atoms with van der Waals surface area (Å²) in [5.41, 5.74) is 0. The minimum atomic E-state index is -0.0711. The molecule has 2 aliphatic rings. The van der Waals surface area contributed by atoms with Crippen LogP contribution in [0.15, 0.2) is 4.99 Å². The molecule has 0 bridgehead atoms. The quantitative estimate of drug-likeness (QED) is 0.726. The first-order valence-corrected chi connectivity index (χ1v) is 6.44. The molecule has 3 nitrogen and oxygen atoms in total. The maximum Gasteiger partial charge on any atom is 0.156 e. The maximum absolute atomic E-state index is 9.77. The largest absolute Gasteiger partial charge is 0.393 e. The van der Waals surface area contributed by atoms with Crippen molar-refractivity contribution in [2.45, 2.75) is 31.8 Å². The Morgan fingerprint density at radius 2 is 2.29 bits per heavy atom. The zero-order valence-corrected chi connectivity index (χ0v) is 9.22. The standard InChI is InChI=1S/C10H18N2OS/c13-9-4-2-1-3-8(9)7-14-10-11-5-6-12-10/h8-9,13H,1-7H2,(H,11,12). The molecule has 0 saturated heterocycles. The normalized spacial score (nSPS) is 32.5. The van der Waals surface area contributed by atoms with Crippen LogP contribution < -0.4 is 5.32 Å². The van der Waals surface area contributed by atoms with Gasteiger partial charge in [-0.3, -0.25) is 4.99 Å². The van der Waals surface area contributed by atoms with Gasteiger partial charge in [0.25, 0.3) is 0 Å². The van der Waals surface area contributed by atoms with Gasteiger partial charge in [0.15, 0.2) is 5.17 Å². The van der Waals surface area contributed by atoms with E-state index in [4.69, 9.17) is 0 Å². The Bertz CT molecular complexity index is 220. The molecule has 1 saturated carbocycles. The van der Waals surface area contributed by atoms with E-state index in [1.165, 1.54) is 19.3 Å². The van der Waals surface area contributed by atoms with Gasteiger partial charge in [0.1, 0.15) is 0 Å². The van der Waals surface area contributed by atoms with Gasteiger partial charge >= 0.3 is 0 Å². The number of hydrogen-bond acceptors (Lipinski definition) is 4. The number of nitrogens with zero attached hydrogens (tertiary/aromatic N) is 1. The highest BCUT2D eigenvalue weighted by atomic mass is 32.2. The highest BCUT2D eigenvalue weighted by Gasteiger charge is 2.23. The second-order valence-electron chi connectivity index (χ2n) is 4.04. The van der Waals surface area contributed by atoms with Crippen LogP contribution in [0.25, 0.3) is 0 Å². The number of aliphatic imine (C=N–C) groups is 1. The molecule has 0 amide bonds. The van der Waals surface area contributed by atoms with E-state index in [0.717, 1.165) is 30.4 Å². The summed E-state index contributed by atoms with van der Waals surface area (Å²) in [6.45, 7) is 1.89. The first-order chi connectivity index (χ1) is 6.86. The van der Waals surface area contributed by atoms with E-state index in [1.807, 2.05) is 0 Å². The molecule has 2 atom stereocenters. The molecule has 0 aromatic heterocycles. The highest BCUT2D eigenvalue weighted by Crippen LogP contribution is 2.27. The van der Waals surface area contributed by atoms with Crippen molar-refractivity contribution < 1.29 is 5.11 Å². The molecule has 0 aromatic carbocycles. The summed E-state index contributed by atoms with van der Waals surface area (Å²) < 4.78 is 0. The fourth-order valence-corrected chi connectivity index (χ4v) is 3.19. The fourth-order valence-electron chi connectivity index (χ4n) is 2.04. The van der Waals surface area contributed by atoms with Crippen molar-refractivity contribution in [2.24, 2.45) is 10.9 Å². The van der Waals surface area contributed by atoms with Gasteiger partial charge in [-0.2, -0.15) is 0 Å². The van der Waals surface area contributed by atoms with Crippen LogP contribution in [0.2, 0.25) is 0 Å². The molecule has 14 heavy (non-hydrogen) atoms. The SMILES string of the molecule is OC1CCCCC1CSC1=NCCN1. The lowest BCUT2D eigenvalue weighted by Gasteiger charge is -2.26. The van der Waals surface area contributed by atoms with Crippen LogP contribution in [0.5, 0.6) is 0 Å². The molecule has 1 heterocycles. The Morgan fingerprint density at radius 1 is 1.43 bits per heavy atom. The van der Waals surface area contributed by atoms with Crippen molar-refractivity contribution in [1.29, 1.82) is 0 Å². The summed E-state index contributed by atoms with van der Waals surface area (Å²) in [7, 11) is 0. The van der Waals surface area contributed by atoms with Crippen molar-refractivity contribution in [3.05, 3.63) is 0 Å². The Hall–Kier alpha value is -0.220. The predicted octanol–water partition coefficient (Wildman–Crippen LogP) is 1.23. The van der Waals surface area contributed by atoms with Gasteiger partial charge in [-0.1, -0.05) is 24.6 Å². The number of rotatable bonds is 2. The lowest BCUT2D eigenvalue weighted by molar-refractivity contribution is 0.0817. The molecule has 80 valence electrons. The predicted molar refractivity (Wildman–Crippen MR) is 60.7 cm³/mol. The monoisotopic (exact) mass is 214 g/mol. The lowest BCUT2D eigenvalue weighted by Crippen LogP contribution is -2.27. The Kier molecular flexibility index (Phi) is 3.70. The van der Waals surface area contributed by atoms with E-state index in [1.54, 1.807) is 11.8 Å². The fraction of sp³-hybridized carbons (Fsp3) is 0.900. The molecule has 2 rings (SSSR count). The van der Waals surface area contributed by atoms with E-state index in [0.29, 0.717) is 5.92 Å². The number of amidine groups is 1. The molecule has 0 radical (unpaired) electrons. The zero-order valence-electron chi connectivity index (χ0n) is 8.41. The topological polar surface area (TPSA) is 44.6 Å². The molecule has 0 aromatic rings. The van der Waals surface area contributed by atoms with Gasteiger partial charge in [-0.25, -0.2) is 0 Å². The summed E-state index contributed by atoms with van der Waals surface area (Å²) in [6, 6.07) is 0. The summed E-state index contributed by atoms with van der Waals surface area (Å²) >= 11 is 1.77. The second kappa shape index (κ2) is 5.03. The highest BCUT2D eigenvalue weighted by molar-refractivity contribution is 8.13. The average molecular weight is 214 g/mol. The average Bonchev–Trinajstić information content (AvgIpc) is 2.69. The Balaban J connectivity index is 1.73. The molecule has 2 unspecified atom stereocenters. The Labute approximate surface area is 89.4 Å². The van der Waals surface area contributed by atoms with Crippen molar-refractivity contribution in [3.8, 4) is 0 Å². The van der Waals surface area contributed by atoms with E-state index >= 15 is 0 Å². The third kappa shape index (κ3) is 2.64. The molecular formula is C10H18N2OS. The first-order valence-electron chi connectivity index (χ1n) is 5.45. The molecule has 4 heteroatoms. The minimum Gasteiger partial charge on any atom is -0.393 e. The van der Waals surface area contributed by atoms with Gasteiger partial charge in [-0.05, 0) is 18.8 Å². The van der Waals surface area contributed by atoms with Crippen LogP contribution in [0.1, 0.15) is 25.7 Å². The van der Waals surface area contributed by atoms with Crippen molar-refractivity contribution in [2.75, 3.05) is 18.8 Å². The summed E-state index contributed by atoms with van der Waals surface area (Å²) in [4.78, 5) is 4.33. The van der Waals surface area contributed by atoms with Crippen LogP contribution in [-0.4, -0.2) is 35.2 Å². The van der Waals surface area contributed by atoms with Crippen LogP contribution in [0, 0.1) is 5.92 Å². The van der Waals surface area contributed by atoms with E-state index < -0.39 is 0 Å². The van der Waals surface area contributed by atoms with Crippen molar-refractivity contribution in [3.63, 3.8) is 0 Å². The molecule has 1 aliphatic carbocycles. The minimum absolute atomic E-state index is 0.0711. The number of hydrogen-bond donors (Lipinski definition) is 2. The Morgan fingerprint density at radius 3 is 3.00 bits per heavy atom. The molecule has 2 N–H and O–H groups in total. The summed E-state index contributed by atoms with van der Waals surface area (Å²) in [5, 5.41) is 14.1. The summed E-state index contributed by atoms with van der Waals surface area (Å²) in [5.74, 6) is 1.51. The van der Waals surface area contributed by atoms with Crippen LogP contribution in [-0.2, 0) is 0 Å². The maximum atomic E-state index is 9.77. The molecule has 1 fully saturated rings. The lowest BCUT2D eigenvalue weighted by atomic mass is 9.88. The van der Waals surface area contributed by atoms with E-state index in [2.05, 4.69) is 10.3 Å². The van der Waals surface area contributed by atoms with E-state index in [9.17, 15) is 5.11 Å². The van der Waals surface area contributed by atoms with Crippen LogP contribution in [0.3, 0.4) is 0 Å². The van der Waals surface area contributed by atoms with Crippen molar-refractivity contribution in [1.82, 2.24) is 5.32 Å². The number of nitrogens with one attached hydrogen (secondary N) is 1. The third-order valence-corrected chi connectivity index (χ3v) is 4.09. The first kappa shape index (κ1) is 10.3. The molecule has 1 aliphatic heterocycles.